The molecule has 0 unspecified atom stereocenters. The molecule has 1 fully saturated rings. The first-order chi connectivity index (χ1) is 8.96. The van der Waals surface area contributed by atoms with Crippen molar-refractivity contribution in [3.8, 4) is 0 Å². The molecule has 4 heteroatoms. The Balaban J connectivity index is 1.94. The van der Waals surface area contributed by atoms with Crippen molar-refractivity contribution in [2.45, 2.75) is 51.7 Å². The number of amides is 1. The number of hydrogen-bond donors (Lipinski definition) is 1. The molecule has 4 nitrogen and oxygen atoms in total. The van der Waals surface area contributed by atoms with Gasteiger partial charge in [-0.15, -0.1) is 0 Å². The summed E-state index contributed by atoms with van der Waals surface area (Å²) in [6, 6.07) is 4.38. The molecule has 1 heterocycles. The molecule has 1 aromatic heterocycles. The van der Waals surface area contributed by atoms with Crippen LogP contribution in [0.4, 0.5) is 0 Å². The third-order valence-electron chi connectivity index (χ3n) is 3.18. The Bertz CT molecular complexity index is 421. The van der Waals surface area contributed by atoms with Gasteiger partial charge < -0.3 is 10.2 Å². The van der Waals surface area contributed by atoms with Crippen molar-refractivity contribution in [1.82, 2.24) is 15.2 Å². The SMILES string of the molecule is CC(C)(C)NCC(=O)N(Cc1ccncc1)C1CC1. The van der Waals surface area contributed by atoms with Gasteiger partial charge in [-0.3, -0.25) is 9.78 Å². The molecule has 1 aliphatic rings. The average Bonchev–Trinajstić information content (AvgIpc) is 3.18. The molecule has 1 N–H and O–H groups in total. The van der Waals surface area contributed by atoms with Crippen molar-refractivity contribution in [2.24, 2.45) is 0 Å². The van der Waals surface area contributed by atoms with Gasteiger partial charge in [0.15, 0.2) is 0 Å². The van der Waals surface area contributed by atoms with Crippen molar-refractivity contribution >= 4 is 5.91 Å². The summed E-state index contributed by atoms with van der Waals surface area (Å²) < 4.78 is 0. The molecule has 1 aliphatic carbocycles. The minimum absolute atomic E-state index is 0.0262. The number of rotatable bonds is 5. The molecular formula is C15H23N3O. The quantitative estimate of drug-likeness (QED) is 0.881. The highest BCUT2D eigenvalue weighted by Crippen LogP contribution is 2.28. The Labute approximate surface area is 115 Å². The maximum absolute atomic E-state index is 12.3. The van der Waals surface area contributed by atoms with Crippen molar-refractivity contribution in [1.29, 1.82) is 0 Å². The van der Waals surface area contributed by atoms with Gasteiger partial charge in [0.05, 0.1) is 6.54 Å². The number of hydrogen-bond acceptors (Lipinski definition) is 3. The normalized spacial score (nSPS) is 15.3. The maximum Gasteiger partial charge on any atom is 0.237 e. The maximum atomic E-state index is 12.3. The van der Waals surface area contributed by atoms with E-state index >= 15 is 0 Å². The summed E-state index contributed by atoms with van der Waals surface area (Å²) in [5, 5.41) is 3.27. The van der Waals surface area contributed by atoms with Gasteiger partial charge in [0.25, 0.3) is 0 Å². The van der Waals surface area contributed by atoms with E-state index < -0.39 is 0 Å². The van der Waals surface area contributed by atoms with Crippen LogP contribution in [0.3, 0.4) is 0 Å². The lowest BCUT2D eigenvalue weighted by atomic mass is 10.1. The first-order valence-electron chi connectivity index (χ1n) is 6.89. The molecule has 0 aromatic carbocycles. The second kappa shape index (κ2) is 5.70. The fourth-order valence-corrected chi connectivity index (χ4v) is 1.93. The Hall–Kier alpha value is -1.42. The Morgan fingerprint density at radius 2 is 2.00 bits per heavy atom. The van der Waals surface area contributed by atoms with E-state index in [1.807, 2.05) is 17.0 Å². The van der Waals surface area contributed by atoms with E-state index in [1.54, 1.807) is 12.4 Å². The fraction of sp³-hybridized carbons (Fsp3) is 0.600. The molecular weight excluding hydrogens is 238 g/mol. The van der Waals surface area contributed by atoms with Crippen LogP contribution in [0.5, 0.6) is 0 Å². The van der Waals surface area contributed by atoms with Crippen molar-refractivity contribution < 1.29 is 4.79 Å². The van der Waals surface area contributed by atoms with E-state index in [2.05, 4.69) is 31.1 Å². The highest BCUT2D eigenvalue weighted by molar-refractivity contribution is 5.79. The summed E-state index contributed by atoms with van der Waals surface area (Å²) in [6.45, 7) is 7.32. The summed E-state index contributed by atoms with van der Waals surface area (Å²) in [5.41, 5.74) is 1.12. The summed E-state index contributed by atoms with van der Waals surface area (Å²) >= 11 is 0. The van der Waals surface area contributed by atoms with Gasteiger partial charge in [0, 0.05) is 30.5 Å². The van der Waals surface area contributed by atoms with Gasteiger partial charge in [-0.1, -0.05) is 0 Å². The zero-order chi connectivity index (χ0) is 13.9. The van der Waals surface area contributed by atoms with Gasteiger partial charge in [0.1, 0.15) is 0 Å². The first-order valence-corrected chi connectivity index (χ1v) is 6.89. The Morgan fingerprint density at radius 1 is 1.37 bits per heavy atom. The lowest BCUT2D eigenvalue weighted by Gasteiger charge is -2.26. The van der Waals surface area contributed by atoms with Gasteiger partial charge in [-0.05, 0) is 51.3 Å². The second-order valence-corrected chi connectivity index (χ2v) is 6.21. The molecule has 0 saturated heterocycles. The van der Waals surface area contributed by atoms with Gasteiger partial charge in [0.2, 0.25) is 5.91 Å². The van der Waals surface area contributed by atoms with Crippen molar-refractivity contribution in [3.05, 3.63) is 30.1 Å². The lowest BCUT2D eigenvalue weighted by molar-refractivity contribution is -0.131. The summed E-state index contributed by atoms with van der Waals surface area (Å²) in [7, 11) is 0. The number of carbonyl (C=O) groups excluding carboxylic acids is 1. The average molecular weight is 261 g/mol. The molecule has 104 valence electrons. The van der Waals surface area contributed by atoms with E-state index in [0.29, 0.717) is 19.1 Å². The van der Waals surface area contributed by atoms with Crippen LogP contribution in [-0.2, 0) is 11.3 Å². The van der Waals surface area contributed by atoms with Crippen LogP contribution in [0.1, 0.15) is 39.2 Å². The van der Waals surface area contributed by atoms with E-state index in [9.17, 15) is 4.79 Å². The van der Waals surface area contributed by atoms with Crippen LogP contribution >= 0.6 is 0 Å². The van der Waals surface area contributed by atoms with Gasteiger partial charge in [-0.2, -0.15) is 0 Å². The molecule has 1 aromatic rings. The summed E-state index contributed by atoms with van der Waals surface area (Å²) in [6.07, 6.45) is 5.81. The number of carbonyl (C=O) groups is 1. The fourth-order valence-electron chi connectivity index (χ4n) is 1.93. The number of nitrogens with one attached hydrogen (secondary N) is 1. The van der Waals surface area contributed by atoms with Crippen LogP contribution in [0.15, 0.2) is 24.5 Å². The highest BCUT2D eigenvalue weighted by atomic mass is 16.2. The number of pyridine rings is 1. The molecule has 0 aliphatic heterocycles. The molecule has 0 bridgehead atoms. The zero-order valence-electron chi connectivity index (χ0n) is 12.0. The molecule has 2 rings (SSSR count). The third kappa shape index (κ3) is 4.63. The van der Waals surface area contributed by atoms with Crippen molar-refractivity contribution in [3.63, 3.8) is 0 Å². The van der Waals surface area contributed by atoms with Crippen molar-refractivity contribution in [2.75, 3.05) is 6.54 Å². The van der Waals surface area contributed by atoms with E-state index in [0.717, 1.165) is 18.4 Å². The highest BCUT2D eigenvalue weighted by Gasteiger charge is 2.32. The Kier molecular flexibility index (Phi) is 4.20. The van der Waals surface area contributed by atoms with Crippen LogP contribution in [-0.4, -0.2) is 33.9 Å². The summed E-state index contributed by atoms with van der Waals surface area (Å²) in [4.78, 5) is 18.3. The minimum atomic E-state index is -0.0262. The second-order valence-electron chi connectivity index (χ2n) is 6.21. The van der Waals surface area contributed by atoms with Crippen LogP contribution in [0.2, 0.25) is 0 Å². The van der Waals surface area contributed by atoms with Crippen LogP contribution in [0, 0.1) is 0 Å². The first kappa shape index (κ1) is 14.0. The summed E-state index contributed by atoms with van der Waals surface area (Å²) in [5.74, 6) is 0.189. The molecule has 0 spiro atoms. The third-order valence-corrected chi connectivity index (χ3v) is 3.18. The number of aromatic nitrogens is 1. The van der Waals surface area contributed by atoms with E-state index in [-0.39, 0.29) is 11.4 Å². The topological polar surface area (TPSA) is 45.2 Å². The number of nitrogens with zero attached hydrogens (tertiary/aromatic N) is 2. The predicted octanol–water partition coefficient (Wildman–Crippen LogP) is 1.96. The van der Waals surface area contributed by atoms with Gasteiger partial charge in [-0.25, -0.2) is 0 Å². The van der Waals surface area contributed by atoms with E-state index in [4.69, 9.17) is 0 Å². The lowest BCUT2D eigenvalue weighted by Crippen LogP contribution is -2.45. The monoisotopic (exact) mass is 261 g/mol. The standard InChI is InChI=1S/C15H23N3O/c1-15(2,3)17-10-14(19)18(13-4-5-13)11-12-6-8-16-9-7-12/h6-9,13,17H,4-5,10-11H2,1-3H3. The smallest absolute Gasteiger partial charge is 0.237 e. The minimum Gasteiger partial charge on any atom is -0.334 e. The molecule has 0 atom stereocenters. The van der Waals surface area contributed by atoms with E-state index in [1.165, 1.54) is 0 Å². The largest absolute Gasteiger partial charge is 0.334 e. The molecule has 19 heavy (non-hydrogen) atoms. The van der Waals surface area contributed by atoms with Crippen LogP contribution in [0.25, 0.3) is 0 Å². The van der Waals surface area contributed by atoms with Gasteiger partial charge >= 0.3 is 0 Å². The zero-order valence-corrected chi connectivity index (χ0v) is 12.0. The van der Waals surface area contributed by atoms with Crippen LogP contribution < -0.4 is 5.32 Å². The predicted molar refractivity (Wildman–Crippen MR) is 75.6 cm³/mol. The molecule has 0 radical (unpaired) electrons. The Morgan fingerprint density at radius 3 is 2.53 bits per heavy atom. The molecule has 1 amide bonds. The molecule has 1 saturated carbocycles.